The standard InChI is InChI=1S/C18H17NO5S2/c1-24-18(21)12-6-8-13(9-7-12)26(22,23)19-10-16(20)15-11-25-17-5-3-2-4-14(15)17/h2-9,11,16,19-20H,10H2,1H3/t16-/m0/s1. The lowest BCUT2D eigenvalue weighted by molar-refractivity contribution is 0.0600. The van der Waals surface area contributed by atoms with Crippen LogP contribution in [-0.4, -0.2) is 33.1 Å². The van der Waals surface area contributed by atoms with Gasteiger partial charge in [-0.1, -0.05) is 18.2 Å². The summed E-state index contributed by atoms with van der Waals surface area (Å²) in [5.41, 5.74) is 0.950. The summed E-state index contributed by atoms with van der Waals surface area (Å²) in [6.07, 6.45) is -0.963. The van der Waals surface area contributed by atoms with E-state index in [9.17, 15) is 18.3 Å². The summed E-state index contributed by atoms with van der Waals surface area (Å²) in [5.74, 6) is -0.540. The Morgan fingerprint density at radius 2 is 1.88 bits per heavy atom. The number of aliphatic hydroxyl groups is 1. The lowest BCUT2D eigenvalue weighted by atomic mass is 10.1. The second-order valence-corrected chi connectivity index (χ2v) is 8.25. The van der Waals surface area contributed by atoms with Gasteiger partial charge in [-0.15, -0.1) is 11.3 Å². The molecule has 1 heterocycles. The first kappa shape index (κ1) is 18.5. The van der Waals surface area contributed by atoms with Crippen molar-refractivity contribution in [1.29, 1.82) is 0 Å². The van der Waals surface area contributed by atoms with Gasteiger partial charge in [0.15, 0.2) is 0 Å². The summed E-state index contributed by atoms with van der Waals surface area (Å²) < 4.78 is 32.8. The van der Waals surface area contributed by atoms with Gasteiger partial charge in [0, 0.05) is 16.8 Å². The lowest BCUT2D eigenvalue weighted by Crippen LogP contribution is -2.28. The van der Waals surface area contributed by atoms with E-state index >= 15 is 0 Å². The molecular formula is C18H17NO5S2. The molecule has 8 heteroatoms. The van der Waals surface area contributed by atoms with Crippen LogP contribution in [0.2, 0.25) is 0 Å². The van der Waals surface area contributed by atoms with Crippen molar-refractivity contribution in [3.05, 3.63) is 65.0 Å². The lowest BCUT2D eigenvalue weighted by Gasteiger charge is -2.12. The number of hydrogen-bond acceptors (Lipinski definition) is 6. The normalized spacial score (nSPS) is 12.8. The second-order valence-electron chi connectivity index (χ2n) is 5.57. The predicted molar refractivity (Wildman–Crippen MR) is 99.8 cm³/mol. The molecule has 0 unspecified atom stereocenters. The highest BCUT2D eigenvalue weighted by atomic mass is 32.2. The molecule has 0 aliphatic rings. The first-order valence-corrected chi connectivity index (χ1v) is 10.1. The van der Waals surface area contributed by atoms with Gasteiger partial charge in [0.2, 0.25) is 10.0 Å². The number of carbonyl (C=O) groups is 1. The van der Waals surface area contributed by atoms with Crippen LogP contribution in [0.4, 0.5) is 0 Å². The Morgan fingerprint density at radius 3 is 2.58 bits per heavy atom. The third kappa shape index (κ3) is 3.78. The van der Waals surface area contributed by atoms with E-state index in [4.69, 9.17) is 0 Å². The van der Waals surface area contributed by atoms with E-state index in [0.29, 0.717) is 5.56 Å². The van der Waals surface area contributed by atoms with Gasteiger partial charge in [0.1, 0.15) is 0 Å². The van der Waals surface area contributed by atoms with Gasteiger partial charge in [-0.2, -0.15) is 0 Å². The number of ether oxygens (including phenoxy) is 1. The monoisotopic (exact) mass is 391 g/mol. The van der Waals surface area contributed by atoms with E-state index in [1.54, 1.807) is 0 Å². The van der Waals surface area contributed by atoms with Crippen molar-refractivity contribution < 1.29 is 23.1 Å². The molecule has 6 nitrogen and oxygen atoms in total. The largest absolute Gasteiger partial charge is 0.465 e. The number of thiophene rings is 1. The number of esters is 1. The fraction of sp³-hybridized carbons (Fsp3) is 0.167. The maximum atomic E-state index is 12.4. The molecule has 0 aliphatic carbocycles. The summed E-state index contributed by atoms with van der Waals surface area (Å²) in [6.45, 7) is -0.151. The number of methoxy groups -OCH3 is 1. The number of sulfonamides is 1. The van der Waals surface area contributed by atoms with Crippen LogP contribution in [0.25, 0.3) is 10.1 Å². The molecule has 0 amide bonds. The van der Waals surface area contributed by atoms with Gasteiger partial charge in [-0.25, -0.2) is 17.9 Å². The van der Waals surface area contributed by atoms with Crippen molar-refractivity contribution in [3.8, 4) is 0 Å². The zero-order valence-electron chi connectivity index (χ0n) is 13.9. The minimum atomic E-state index is -3.81. The molecular weight excluding hydrogens is 374 g/mol. The van der Waals surface area contributed by atoms with Crippen LogP contribution in [0.5, 0.6) is 0 Å². The van der Waals surface area contributed by atoms with E-state index in [1.807, 2.05) is 29.6 Å². The summed E-state index contributed by atoms with van der Waals surface area (Å²) >= 11 is 1.50. The van der Waals surface area contributed by atoms with Crippen LogP contribution < -0.4 is 4.72 Å². The molecule has 0 spiro atoms. The van der Waals surface area contributed by atoms with Crippen LogP contribution in [0.1, 0.15) is 22.0 Å². The van der Waals surface area contributed by atoms with Crippen molar-refractivity contribution in [1.82, 2.24) is 4.72 Å². The van der Waals surface area contributed by atoms with Gasteiger partial charge in [0.25, 0.3) is 0 Å². The quantitative estimate of drug-likeness (QED) is 0.630. The SMILES string of the molecule is COC(=O)c1ccc(S(=O)(=O)NC[C@H](O)c2csc3ccccc23)cc1. The molecule has 0 radical (unpaired) electrons. The van der Waals surface area contributed by atoms with Crippen molar-refractivity contribution >= 4 is 37.4 Å². The molecule has 26 heavy (non-hydrogen) atoms. The first-order valence-electron chi connectivity index (χ1n) is 7.74. The molecule has 3 rings (SSSR count). The molecule has 0 fully saturated rings. The maximum Gasteiger partial charge on any atom is 0.337 e. The van der Waals surface area contributed by atoms with Crippen molar-refractivity contribution in [2.75, 3.05) is 13.7 Å². The summed E-state index contributed by atoms with van der Waals surface area (Å²) in [6, 6.07) is 13.0. The number of rotatable bonds is 6. The molecule has 2 aromatic carbocycles. The maximum absolute atomic E-state index is 12.4. The molecule has 1 atom stereocenters. The number of aliphatic hydroxyl groups excluding tert-OH is 1. The van der Waals surface area contributed by atoms with Gasteiger partial charge in [-0.05, 0) is 41.1 Å². The summed E-state index contributed by atoms with van der Waals surface area (Å²) in [5, 5.41) is 13.1. The van der Waals surface area contributed by atoms with E-state index in [1.165, 1.54) is 42.7 Å². The zero-order chi connectivity index (χ0) is 18.7. The van der Waals surface area contributed by atoms with E-state index in [0.717, 1.165) is 10.1 Å². The highest BCUT2D eigenvalue weighted by Crippen LogP contribution is 2.30. The second kappa shape index (κ2) is 7.55. The highest BCUT2D eigenvalue weighted by molar-refractivity contribution is 7.89. The summed E-state index contributed by atoms with van der Waals surface area (Å²) in [4.78, 5) is 11.4. The van der Waals surface area contributed by atoms with Crippen LogP contribution in [-0.2, 0) is 14.8 Å². The van der Waals surface area contributed by atoms with Gasteiger partial charge in [0.05, 0.1) is 23.7 Å². The smallest absolute Gasteiger partial charge is 0.337 e. The van der Waals surface area contributed by atoms with E-state index in [-0.39, 0.29) is 17.0 Å². The Kier molecular flexibility index (Phi) is 5.38. The van der Waals surface area contributed by atoms with E-state index in [2.05, 4.69) is 9.46 Å². The summed E-state index contributed by atoms with van der Waals surface area (Å²) in [7, 11) is -2.55. The van der Waals surface area contributed by atoms with E-state index < -0.39 is 22.1 Å². The highest BCUT2D eigenvalue weighted by Gasteiger charge is 2.19. The van der Waals surface area contributed by atoms with Crippen LogP contribution >= 0.6 is 11.3 Å². The number of benzene rings is 2. The molecule has 0 bridgehead atoms. The third-order valence-corrected chi connectivity index (χ3v) is 6.34. The molecule has 0 saturated heterocycles. The number of hydrogen-bond donors (Lipinski definition) is 2. The number of fused-ring (bicyclic) bond motifs is 1. The zero-order valence-corrected chi connectivity index (χ0v) is 15.5. The Labute approximate surface area is 155 Å². The Balaban J connectivity index is 1.72. The molecule has 0 saturated carbocycles. The first-order chi connectivity index (χ1) is 12.4. The van der Waals surface area contributed by atoms with Gasteiger partial charge < -0.3 is 9.84 Å². The van der Waals surface area contributed by atoms with Crippen molar-refractivity contribution in [2.45, 2.75) is 11.0 Å². The topological polar surface area (TPSA) is 92.7 Å². The molecule has 3 aromatic rings. The van der Waals surface area contributed by atoms with Crippen LogP contribution in [0.15, 0.2) is 58.8 Å². The van der Waals surface area contributed by atoms with Gasteiger partial charge >= 0.3 is 5.97 Å². The van der Waals surface area contributed by atoms with Crippen LogP contribution in [0.3, 0.4) is 0 Å². The minimum absolute atomic E-state index is 0.00697. The third-order valence-electron chi connectivity index (χ3n) is 3.92. The average Bonchev–Trinajstić information content (AvgIpc) is 3.10. The number of nitrogens with one attached hydrogen (secondary N) is 1. The van der Waals surface area contributed by atoms with Crippen molar-refractivity contribution in [3.63, 3.8) is 0 Å². The molecule has 1 aromatic heterocycles. The number of carbonyl (C=O) groups excluding carboxylic acids is 1. The Morgan fingerprint density at radius 1 is 1.19 bits per heavy atom. The minimum Gasteiger partial charge on any atom is -0.465 e. The van der Waals surface area contributed by atoms with Crippen molar-refractivity contribution in [2.24, 2.45) is 0 Å². The van der Waals surface area contributed by atoms with Gasteiger partial charge in [-0.3, -0.25) is 0 Å². The van der Waals surface area contributed by atoms with Crippen LogP contribution in [0, 0.1) is 0 Å². The molecule has 2 N–H and O–H groups in total. The Hall–Kier alpha value is -2.26. The molecule has 136 valence electrons. The fourth-order valence-corrected chi connectivity index (χ4v) is 4.57. The molecule has 0 aliphatic heterocycles. The Bertz CT molecular complexity index is 1030. The fourth-order valence-electron chi connectivity index (χ4n) is 2.53. The predicted octanol–water partition coefficient (Wildman–Crippen LogP) is 2.70. The average molecular weight is 391 g/mol.